The lowest BCUT2D eigenvalue weighted by atomic mass is 10.0. The Balaban J connectivity index is 2.10. The van der Waals surface area contributed by atoms with Crippen LogP contribution in [0.4, 0.5) is 0 Å². The molecule has 0 spiro atoms. The Morgan fingerprint density at radius 2 is 2.06 bits per heavy atom. The Kier molecular flexibility index (Phi) is 3.69. The second kappa shape index (κ2) is 5.07. The number of phenolic OH excluding ortho intramolecular Hbond substituents is 1. The number of ether oxygens (including phenoxy) is 1. The van der Waals surface area contributed by atoms with E-state index in [-0.39, 0.29) is 6.10 Å². The number of nitrogens with zero attached hydrogens (tertiary/aromatic N) is 1. The molecule has 3 heteroatoms. The van der Waals surface area contributed by atoms with E-state index in [9.17, 15) is 5.11 Å². The van der Waals surface area contributed by atoms with Gasteiger partial charge in [0.25, 0.3) is 0 Å². The summed E-state index contributed by atoms with van der Waals surface area (Å²) in [5, 5.41) is 9.95. The van der Waals surface area contributed by atoms with Gasteiger partial charge in [-0.3, -0.25) is 4.90 Å². The smallest absolute Gasteiger partial charge is 0.120 e. The zero-order valence-corrected chi connectivity index (χ0v) is 10.9. The molecule has 1 N–H and O–H groups in total. The van der Waals surface area contributed by atoms with E-state index in [1.165, 1.54) is 5.56 Å². The first-order valence-electron chi connectivity index (χ1n) is 6.19. The zero-order valence-electron chi connectivity index (χ0n) is 10.9. The first kappa shape index (κ1) is 12.4. The first-order chi connectivity index (χ1) is 8.06. The fraction of sp³-hybridized carbons (Fsp3) is 0.571. The third-order valence-corrected chi connectivity index (χ3v) is 3.41. The molecule has 1 fully saturated rings. The average Bonchev–Trinajstić information content (AvgIpc) is 2.26. The van der Waals surface area contributed by atoms with Gasteiger partial charge in [0.15, 0.2) is 0 Å². The van der Waals surface area contributed by atoms with Gasteiger partial charge in [-0.05, 0) is 38.0 Å². The molecule has 17 heavy (non-hydrogen) atoms. The Labute approximate surface area is 103 Å². The molecule has 0 bridgehead atoms. The summed E-state index contributed by atoms with van der Waals surface area (Å²) in [6, 6.07) is 3.94. The molecule has 0 saturated carbocycles. The van der Waals surface area contributed by atoms with Crippen molar-refractivity contribution in [1.29, 1.82) is 0 Å². The van der Waals surface area contributed by atoms with Crippen molar-refractivity contribution in [3.63, 3.8) is 0 Å². The lowest BCUT2D eigenvalue weighted by Crippen LogP contribution is -2.40. The Morgan fingerprint density at radius 1 is 1.35 bits per heavy atom. The maximum Gasteiger partial charge on any atom is 0.120 e. The summed E-state index contributed by atoms with van der Waals surface area (Å²) in [5.41, 5.74) is 3.39. The number of aryl methyl sites for hydroxylation is 2. The van der Waals surface area contributed by atoms with E-state index in [0.29, 0.717) is 5.75 Å². The molecule has 1 atom stereocenters. The van der Waals surface area contributed by atoms with Gasteiger partial charge in [-0.25, -0.2) is 0 Å². The molecule has 3 nitrogen and oxygen atoms in total. The second-order valence-electron chi connectivity index (χ2n) is 4.98. The van der Waals surface area contributed by atoms with Crippen molar-refractivity contribution in [1.82, 2.24) is 4.90 Å². The lowest BCUT2D eigenvalue weighted by molar-refractivity contribution is -0.0214. The van der Waals surface area contributed by atoms with Crippen molar-refractivity contribution in [2.75, 3.05) is 19.7 Å². The summed E-state index contributed by atoms with van der Waals surface area (Å²) in [6.45, 7) is 9.67. The summed E-state index contributed by atoms with van der Waals surface area (Å²) >= 11 is 0. The van der Waals surface area contributed by atoms with Gasteiger partial charge < -0.3 is 9.84 Å². The predicted molar refractivity (Wildman–Crippen MR) is 68.3 cm³/mol. The molecule has 1 aromatic carbocycles. The largest absolute Gasteiger partial charge is 0.508 e. The van der Waals surface area contributed by atoms with Crippen molar-refractivity contribution in [3.05, 3.63) is 28.8 Å². The van der Waals surface area contributed by atoms with Gasteiger partial charge in [0.2, 0.25) is 0 Å². The second-order valence-corrected chi connectivity index (χ2v) is 4.98. The monoisotopic (exact) mass is 235 g/mol. The van der Waals surface area contributed by atoms with Crippen LogP contribution in [0.25, 0.3) is 0 Å². The quantitative estimate of drug-likeness (QED) is 0.853. The molecule has 1 saturated heterocycles. The number of morpholine rings is 1. The average molecular weight is 235 g/mol. The minimum Gasteiger partial charge on any atom is -0.508 e. The number of phenols is 1. The highest BCUT2D eigenvalue weighted by Crippen LogP contribution is 2.23. The third kappa shape index (κ3) is 2.99. The topological polar surface area (TPSA) is 32.7 Å². The normalized spacial score (nSPS) is 21.7. The summed E-state index contributed by atoms with van der Waals surface area (Å²) in [4.78, 5) is 2.33. The highest BCUT2D eigenvalue weighted by molar-refractivity contribution is 5.40. The van der Waals surface area contributed by atoms with Crippen LogP contribution in [0.2, 0.25) is 0 Å². The molecule has 2 rings (SSSR count). The molecule has 1 heterocycles. The van der Waals surface area contributed by atoms with Crippen LogP contribution < -0.4 is 0 Å². The van der Waals surface area contributed by atoms with Crippen molar-refractivity contribution in [2.24, 2.45) is 0 Å². The lowest BCUT2D eigenvalue weighted by Gasteiger charge is -2.31. The van der Waals surface area contributed by atoms with Crippen molar-refractivity contribution >= 4 is 0 Å². The third-order valence-electron chi connectivity index (χ3n) is 3.41. The summed E-state index contributed by atoms with van der Waals surface area (Å²) in [7, 11) is 0. The van der Waals surface area contributed by atoms with Gasteiger partial charge in [-0.15, -0.1) is 0 Å². The fourth-order valence-corrected chi connectivity index (χ4v) is 2.26. The van der Waals surface area contributed by atoms with Crippen LogP contribution in [-0.2, 0) is 11.3 Å². The van der Waals surface area contributed by atoms with E-state index in [2.05, 4.69) is 24.8 Å². The van der Waals surface area contributed by atoms with E-state index < -0.39 is 0 Å². The standard InChI is InChI=1S/C14H21NO2/c1-10-6-13(14(16)7-11(10)2)9-15-4-5-17-12(3)8-15/h6-7,12,16H,4-5,8-9H2,1-3H3/t12-/m1/s1. The highest BCUT2D eigenvalue weighted by Gasteiger charge is 2.18. The van der Waals surface area contributed by atoms with Gasteiger partial charge in [-0.1, -0.05) is 6.07 Å². The Hall–Kier alpha value is -1.06. The molecular formula is C14H21NO2. The van der Waals surface area contributed by atoms with Gasteiger partial charge in [0.05, 0.1) is 12.7 Å². The van der Waals surface area contributed by atoms with Gasteiger partial charge >= 0.3 is 0 Å². The van der Waals surface area contributed by atoms with Crippen LogP contribution in [0.3, 0.4) is 0 Å². The van der Waals surface area contributed by atoms with E-state index >= 15 is 0 Å². The first-order valence-corrected chi connectivity index (χ1v) is 6.19. The van der Waals surface area contributed by atoms with E-state index in [0.717, 1.165) is 37.4 Å². The molecule has 1 aliphatic rings. The maximum atomic E-state index is 9.95. The minimum absolute atomic E-state index is 0.289. The summed E-state index contributed by atoms with van der Waals surface area (Å²) in [6.07, 6.45) is 0.289. The number of aromatic hydroxyl groups is 1. The molecule has 1 aliphatic heterocycles. The SMILES string of the molecule is Cc1cc(O)c(CN2CCO[C@H](C)C2)cc1C. The predicted octanol–water partition coefficient (Wildman–Crippen LogP) is 2.23. The molecule has 0 aliphatic carbocycles. The molecule has 0 amide bonds. The molecule has 0 radical (unpaired) electrons. The number of benzene rings is 1. The number of hydrogen-bond donors (Lipinski definition) is 1. The van der Waals surface area contributed by atoms with Crippen molar-refractivity contribution in [3.8, 4) is 5.75 Å². The zero-order chi connectivity index (χ0) is 12.4. The summed E-state index contributed by atoms with van der Waals surface area (Å²) < 4.78 is 5.51. The van der Waals surface area contributed by atoms with Crippen LogP contribution in [0, 0.1) is 13.8 Å². The molecule has 0 aromatic heterocycles. The van der Waals surface area contributed by atoms with E-state index in [1.807, 2.05) is 13.0 Å². The minimum atomic E-state index is 0.289. The molecule has 1 aromatic rings. The van der Waals surface area contributed by atoms with Gasteiger partial charge in [0, 0.05) is 25.2 Å². The van der Waals surface area contributed by atoms with Crippen LogP contribution in [0.1, 0.15) is 23.6 Å². The Morgan fingerprint density at radius 3 is 2.76 bits per heavy atom. The summed E-state index contributed by atoms with van der Waals surface area (Å²) in [5.74, 6) is 0.409. The highest BCUT2D eigenvalue weighted by atomic mass is 16.5. The molecular weight excluding hydrogens is 214 g/mol. The van der Waals surface area contributed by atoms with Gasteiger partial charge in [-0.2, -0.15) is 0 Å². The van der Waals surface area contributed by atoms with E-state index in [1.54, 1.807) is 0 Å². The Bertz CT molecular complexity index is 403. The fourth-order valence-electron chi connectivity index (χ4n) is 2.26. The van der Waals surface area contributed by atoms with Gasteiger partial charge in [0.1, 0.15) is 5.75 Å². The maximum absolute atomic E-state index is 9.95. The molecule has 94 valence electrons. The molecule has 0 unspecified atom stereocenters. The van der Waals surface area contributed by atoms with Crippen LogP contribution in [0.15, 0.2) is 12.1 Å². The van der Waals surface area contributed by atoms with Crippen molar-refractivity contribution < 1.29 is 9.84 Å². The van der Waals surface area contributed by atoms with E-state index in [4.69, 9.17) is 4.74 Å². The van der Waals surface area contributed by atoms with Crippen LogP contribution >= 0.6 is 0 Å². The van der Waals surface area contributed by atoms with Crippen LogP contribution in [-0.4, -0.2) is 35.8 Å². The van der Waals surface area contributed by atoms with Crippen molar-refractivity contribution in [2.45, 2.75) is 33.4 Å². The number of rotatable bonds is 2. The van der Waals surface area contributed by atoms with Crippen LogP contribution in [0.5, 0.6) is 5.75 Å². The number of hydrogen-bond acceptors (Lipinski definition) is 3.